The first kappa shape index (κ1) is 14.2. The van der Waals surface area contributed by atoms with Crippen LogP contribution < -0.4 is 5.73 Å². The summed E-state index contributed by atoms with van der Waals surface area (Å²) in [5, 5.41) is 0. The summed E-state index contributed by atoms with van der Waals surface area (Å²) in [5.41, 5.74) is 5.43. The van der Waals surface area contributed by atoms with Crippen LogP contribution in [0.25, 0.3) is 0 Å². The highest BCUT2D eigenvalue weighted by atomic mass is 16.5. The fraction of sp³-hybridized carbons (Fsp3) is 0.692. The molecule has 2 N–H and O–H groups in total. The lowest BCUT2D eigenvalue weighted by Crippen LogP contribution is -2.38. The lowest BCUT2D eigenvalue weighted by Gasteiger charge is -2.23. The molecule has 88 valence electrons. The molecule has 0 saturated heterocycles. The summed E-state index contributed by atoms with van der Waals surface area (Å²) in [4.78, 5) is 0. The molecule has 0 saturated carbocycles. The van der Waals surface area contributed by atoms with Crippen LogP contribution in [0.5, 0.6) is 0 Å². The summed E-state index contributed by atoms with van der Waals surface area (Å²) in [6.45, 7) is 6.32. The number of ether oxygens (including phenoxy) is 1. The molecule has 0 aromatic heterocycles. The van der Waals surface area contributed by atoms with Crippen LogP contribution in [0.15, 0.2) is 24.5 Å². The van der Waals surface area contributed by atoms with Crippen molar-refractivity contribution in [3.63, 3.8) is 0 Å². The Labute approximate surface area is 94.2 Å². The van der Waals surface area contributed by atoms with Gasteiger partial charge in [-0.3, -0.25) is 5.73 Å². The molecule has 2 nitrogen and oxygen atoms in total. The zero-order valence-electron chi connectivity index (χ0n) is 10.3. The summed E-state index contributed by atoms with van der Waals surface area (Å²) >= 11 is 0. The molecule has 2 heteroatoms. The zero-order chi connectivity index (χ0) is 11.6. The van der Waals surface area contributed by atoms with E-state index in [1.54, 1.807) is 6.26 Å². The van der Waals surface area contributed by atoms with E-state index in [0.717, 1.165) is 32.1 Å². The molecular weight excluding hydrogens is 186 g/mol. The maximum atomic E-state index is 6.06. The van der Waals surface area contributed by atoms with Gasteiger partial charge in [0.2, 0.25) is 0 Å². The average molecular weight is 211 g/mol. The molecule has 0 bridgehead atoms. The fourth-order valence-corrected chi connectivity index (χ4v) is 1.10. The Morgan fingerprint density at radius 1 is 1.07 bits per heavy atom. The van der Waals surface area contributed by atoms with E-state index in [4.69, 9.17) is 10.5 Å². The predicted molar refractivity (Wildman–Crippen MR) is 66.4 cm³/mol. The minimum Gasteiger partial charge on any atom is -0.477 e. The van der Waals surface area contributed by atoms with Gasteiger partial charge in [0.15, 0.2) is 5.72 Å². The summed E-state index contributed by atoms with van der Waals surface area (Å²) < 4.78 is 5.54. The van der Waals surface area contributed by atoms with Crippen molar-refractivity contribution in [2.45, 2.75) is 58.6 Å². The predicted octanol–water partition coefficient (Wildman–Crippen LogP) is 3.74. The van der Waals surface area contributed by atoms with Crippen LogP contribution in [0.4, 0.5) is 0 Å². The second-order valence-corrected chi connectivity index (χ2v) is 3.78. The van der Waals surface area contributed by atoms with Crippen LogP contribution in [-0.2, 0) is 4.74 Å². The lowest BCUT2D eigenvalue weighted by molar-refractivity contribution is 0.0698. The number of nitrogens with two attached hydrogens (primary N) is 1. The van der Waals surface area contributed by atoms with Crippen molar-refractivity contribution in [1.29, 1.82) is 0 Å². The Bertz CT molecular complexity index is 199. The van der Waals surface area contributed by atoms with Gasteiger partial charge in [0, 0.05) is 6.42 Å². The van der Waals surface area contributed by atoms with Gasteiger partial charge < -0.3 is 4.74 Å². The molecule has 0 fully saturated rings. The Morgan fingerprint density at radius 2 is 1.67 bits per heavy atom. The Morgan fingerprint density at radius 3 is 2.20 bits per heavy atom. The molecule has 0 spiro atoms. The van der Waals surface area contributed by atoms with Gasteiger partial charge in [0.25, 0.3) is 0 Å². The maximum Gasteiger partial charge on any atom is 0.176 e. The van der Waals surface area contributed by atoms with Crippen molar-refractivity contribution < 1.29 is 4.74 Å². The van der Waals surface area contributed by atoms with Gasteiger partial charge in [-0.25, -0.2) is 0 Å². The van der Waals surface area contributed by atoms with Gasteiger partial charge in [-0.15, -0.1) is 0 Å². The molecule has 0 aromatic rings. The maximum absolute atomic E-state index is 6.06. The standard InChI is InChI=1S/C13H25NO/c1-4-7-9-11-13(14,6-3)15-12-10-8-5-2/h9-12H,4-8,14H2,1-3H3/b11-9+,12-10+. The van der Waals surface area contributed by atoms with Gasteiger partial charge in [-0.1, -0.05) is 39.7 Å². The molecule has 0 aliphatic heterocycles. The van der Waals surface area contributed by atoms with Crippen LogP contribution in [-0.4, -0.2) is 5.72 Å². The van der Waals surface area contributed by atoms with Crippen molar-refractivity contribution in [3.05, 3.63) is 24.5 Å². The summed E-state index contributed by atoms with van der Waals surface area (Å²) in [5.74, 6) is 0. The van der Waals surface area contributed by atoms with Crippen molar-refractivity contribution in [1.82, 2.24) is 0 Å². The van der Waals surface area contributed by atoms with Crippen molar-refractivity contribution in [2.75, 3.05) is 0 Å². The molecular formula is C13H25NO. The normalized spacial score (nSPS) is 16.0. The van der Waals surface area contributed by atoms with Gasteiger partial charge in [0.05, 0.1) is 6.26 Å². The summed E-state index contributed by atoms with van der Waals surface area (Å²) in [6.07, 6.45) is 13.0. The molecule has 0 radical (unpaired) electrons. The summed E-state index contributed by atoms with van der Waals surface area (Å²) in [6, 6.07) is 0. The van der Waals surface area contributed by atoms with E-state index in [0.29, 0.717) is 0 Å². The SMILES string of the molecule is CCC/C=C/OC(N)(/C=C/CCC)CC. The Kier molecular flexibility index (Phi) is 8.11. The van der Waals surface area contributed by atoms with E-state index >= 15 is 0 Å². The molecule has 0 aliphatic carbocycles. The van der Waals surface area contributed by atoms with Crippen LogP contribution in [0.2, 0.25) is 0 Å². The average Bonchev–Trinajstić information content (AvgIpc) is 2.25. The molecule has 0 aliphatic rings. The highest BCUT2D eigenvalue weighted by Crippen LogP contribution is 2.12. The van der Waals surface area contributed by atoms with E-state index in [2.05, 4.69) is 19.9 Å². The molecule has 1 atom stereocenters. The minimum atomic E-state index is -0.626. The summed E-state index contributed by atoms with van der Waals surface area (Å²) in [7, 11) is 0. The Balaban J connectivity index is 4.06. The van der Waals surface area contributed by atoms with E-state index in [1.165, 1.54) is 0 Å². The third-order valence-corrected chi connectivity index (χ3v) is 2.25. The monoisotopic (exact) mass is 211 g/mol. The topological polar surface area (TPSA) is 35.2 Å². The first-order valence-corrected chi connectivity index (χ1v) is 5.98. The number of allylic oxidation sites excluding steroid dienone is 2. The highest BCUT2D eigenvalue weighted by Gasteiger charge is 2.18. The van der Waals surface area contributed by atoms with E-state index < -0.39 is 5.72 Å². The van der Waals surface area contributed by atoms with Crippen LogP contribution in [0, 0.1) is 0 Å². The van der Waals surface area contributed by atoms with Crippen LogP contribution in [0.3, 0.4) is 0 Å². The minimum absolute atomic E-state index is 0.626. The second kappa shape index (κ2) is 8.54. The van der Waals surface area contributed by atoms with Gasteiger partial charge in [-0.2, -0.15) is 0 Å². The van der Waals surface area contributed by atoms with Gasteiger partial charge >= 0.3 is 0 Å². The first-order chi connectivity index (χ1) is 7.18. The molecule has 0 rings (SSSR count). The van der Waals surface area contributed by atoms with E-state index in [9.17, 15) is 0 Å². The third-order valence-electron chi connectivity index (χ3n) is 2.25. The number of unbranched alkanes of at least 4 members (excludes halogenated alkanes) is 2. The van der Waals surface area contributed by atoms with Crippen molar-refractivity contribution >= 4 is 0 Å². The van der Waals surface area contributed by atoms with Crippen LogP contribution in [0.1, 0.15) is 52.9 Å². The molecule has 15 heavy (non-hydrogen) atoms. The molecule has 0 amide bonds. The smallest absolute Gasteiger partial charge is 0.176 e. The Hall–Kier alpha value is -0.760. The largest absolute Gasteiger partial charge is 0.477 e. The van der Waals surface area contributed by atoms with Crippen LogP contribution >= 0.6 is 0 Å². The number of rotatable bonds is 8. The zero-order valence-corrected chi connectivity index (χ0v) is 10.3. The van der Waals surface area contributed by atoms with Crippen molar-refractivity contribution in [2.24, 2.45) is 5.73 Å². The van der Waals surface area contributed by atoms with E-state index in [1.807, 2.05) is 19.1 Å². The third kappa shape index (κ3) is 7.20. The fourth-order valence-electron chi connectivity index (χ4n) is 1.10. The molecule has 0 heterocycles. The van der Waals surface area contributed by atoms with Crippen molar-refractivity contribution in [3.8, 4) is 0 Å². The number of hydrogen-bond donors (Lipinski definition) is 1. The first-order valence-electron chi connectivity index (χ1n) is 5.98. The number of hydrogen-bond acceptors (Lipinski definition) is 2. The second-order valence-electron chi connectivity index (χ2n) is 3.78. The molecule has 0 aromatic carbocycles. The molecule has 1 unspecified atom stereocenters. The quantitative estimate of drug-likeness (QED) is 0.377. The van der Waals surface area contributed by atoms with Gasteiger partial charge in [-0.05, 0) is 25.0 Å². The van der Waals surface area contributed by atoms with Gasteiger partial charge in [0.1, 0.15) is 0 Å². The van der Waals surface area contributed by atoms with E-state index in [-0.39, 0.29) is 0 Å². The lowest BCUT2D eigenvalue weighted by atomic mass is 10.1. The highest BCUT2D eigenvalue weighted by molar-refractivity contribution is 4.99.